The Kier molecular flexibility index (Phi) is 55.3. The highest BCUT2D eigenvalue weighted by Crippen LogP contribution is 2.24. The minimum Gasteiger partial charge on any atom is -0.394 e. The highest BCUT2D eigenvalue weighted by Gasteiger charge is 2.44. The van der Waals surface area contributed by atoms with E-state index in [1.165, 1.54) is 302 Å². The molecule has 2 unspecified atom stereocenters. The Hall–Kier alpha value is -0.810. The average molecular weight is 1080 g/mol. The van der Waals surface area contributed by atoms with E-state index >= 15 is 0 Å². The summed E-state index contributed by atoms with van der Waals surface area (Å²) >= 11 is 0. The first-order chi connectivity index (χ1) is 37.3. The molecule has 0 aromatic heterocycles. The van der Waals surface area contributed by atoms with Crippen molar-refractivity contribution in [1.29, 1.82) is 0 Å². The van der Waals surface area contributed by atoms with Crippen LogP contribution in [-0.2, 0) is 14.3 Å². The number of rotatable bonds is 61. The lowest BCUT2D eigenvalue weighted by Gasteiger charge is -2.40. The van der Waals surface area contributed by atoms with Gasteiger partial charge in [-0.1, -0.05) is 348 Å². The first-order valence-electron chi connectivity index (χ1n) is 34.2. The van der Waals surface area contributed by atoms with Crippen molar-refractivity contribution in [3.05, 3.63) is 0 Å². The van der Waals surface area contributed by atoms with E-state index in [2.05, 4.69) is 19.2 Å². The molecular weight excluding hydrogens is 947 g/mol. The van der Waals surface area contributed by atoms with Crippen molar-refractivity contribution in [3.8, 4) is 0 Å². The lowest BCUT2D eigenvalue weighted by Crippen LogP contribution is -2.60. The van der Waals surface area contributed by atoms with Crippen LogP contribution in [0.5, 0.6) is 0 Å². The largest absolute Gasteiger partial charge is 0.394 e. The SMILES string of the molecule is CCCCCCCCCCCCCCCCCCCCCCCCCCCCCCCCCCCCCCC(=O)N[C@@H](CO[C@@H]1O[C@H](CO)[C@H](O)C(O)C1O)[C@H](O)CCCCCCCCCCCCCCCCCCC. The summed E-state index contributed by atoms with van der Waals surface area (Å²) in [6.45, 7) is 3.90. The Bertz CT molecular complexity index is 1160. The monoisotopic (exact) mass is 1080 g/mol. The second kappa shape index (κ2) is 57.4. The van der Waals surface area contributed by atoms with Gasteiger partial charge < -0.3 is 40.3 Å². The molecular formula is C67H133NO8. The summed E-state index contributed by atoms with van der Waals surface area (Å²) in [5.41, 5.74) is 0. The number of amides is 1. The molecule has 0 bridgehead atoms. The van der Waals surface area contributed by atoms with Crippen LogP contribution in [0, 0.1) is 0 Å². The summed E-state index contributed by atoms with van der Waals surface area (Å²) in [4.78, 5) is 13.1. The van der Waals surface area contributed by atoms with Gasteiger partial charge in [0.25, 0.3) is 0 Å². The van der Waals surface area contributed by atoms with Crippen LogP contribution in [0.15, 0.2) is 0 Å². The molecule has 0 aliphatic carbocycles. The van der Waals surface area contributed by atoms with Crippen LogP contribution in [0.4, 0.5) is 0 Å². The Labute approximate surface area is 472 Å². The van der Waals surface area contributed by atoms with Crippen LogP contribution in [0.25, 0.3) is 0 Å². The van der Waals surface area contributed by atoms with Gasteiger partial charge in [-0.25, -0.2) is 0 Å². The Morgan fingerprint density at radius 3 is 0.934 bits per heavy atom. The Morgan fingerprint density at radius 1 is 0.395 bits per heavy atom. The maximum atomic E-state index is 13.1. The van der Waals surface area contributed by atoms with Crippen LogP contribution in [-0.4, -0.2) is 87.5 Å². The topological polar surface area (TPSA) is 149 Å². The third-order valence-electron chi connectivity index (χ3n) is 17.0. The van der Waals surface area contributed by atoms with E-state index in [1.807, 2.05) is 0 Å². The van der Waals surface area contributed by atoms with Gasteiger partial charge in [0, 0.05) is 6.42 Å². The number of ether oxygens (including phenoxy) is 2. The molecule has 1 heterocycles. The summed E-state index contributed by atoms with van der Waals surface area (Å²) in [6, 6.07) is -0.714. The number of hydrogen-bond donors (Lipinski definition) is 6. The molecule has 1 rings (SSSR count). The van der Waals surface area contributed by atoms with Crippen molar-refractivity contribution in [2.45, 2.75) is 410 Å². The van der Waals surface area contributed by atoms with E-state index in [-0.39, 0.29) is 12.5 Å². The normalized spacial score (nSPS) is 18.6. The van der Waals surface area contributed by atoms with Gasteiger partial charge in [-0.3, -0.25) is 4.79 Å². The van der Waals surface area contributed by atoms with E-state index < -0.39 is 49.5 Å². The van der Waals surface area contributed by atoms with Crippen LogP contribution in [0.3, 0.4) is 0 Å². The van der Waals surface area contributed by atoms with Crippen LogP contribution >= 0.6 is 0 Å². The van der Waals surface area contributed by atoms with Gasteiger partial charge in [0.1, 0.15) is 24.4 Å². The van der Waals surface area contributed by atoms with Crippen molar-refractivity contribution < 1.29 is 39.8 Å². The average Bonchev–Trinajstić information content (AvgIpc) is 3.42. The summed E-state index contributed by atoms with van der Waals surface area (Å²) in [7, 11) is 0. The molecule has 1 fully saturated rings. The van der Waals surface area contributed by atoms with E-state index in [0.717, 1.165) is 38.5 Å². The third kappa shape index (κ3) is 45.9. The van der Waals surface area contributed by atoms with Crippen LogP contribution in [0.2, 0.25) is 0 Å². The number of aliphatic hydroxyl groups excluding tert-OH is 5. The molecule has 9 heteroatoms. The zero-order chi connectivity index (χ0) is 55.0. The maximum absolute atomic E-state index is 13.1. The van der Waals surface area contributed by atoms with Crippen LogP contribution in [0.1, 0.15) is 367 Å². The second-order valence-corrected chi connectivity index (χ2v) is 24.3. The number of unbranched alkanes of at least 4 members (excludes halogenated alkanes) is 51. The highest BCUT2D eigenvalue weighted by molar-refractivity contribution is 5.76. The molecule has 0 aromatic rings. The lowest BCUT2D eigenvalue weighted by atomic mass is 9.99. The molecule has 0 spiro atoms. The standard InChI is InChI=1S/C67H133NO8/c1-3-5-7-9-11-13-15-17-19-21-22-23-24-25-26-27-28-29-30-31-32-33-34-35-36-37-38-39-41-43-45-47-49-51-53-55-57-63(71)68-60(59-75-67-66(74)65(73)64(72)62(58-69)76-67)61(70)56-54-52-50-48-46-44-42-40-20-18-16-14-12-10-8-6-4-2/h60-62,64-67,69-70,72-74H,3-59H2,1-2H3,(H,68,71)/t60-,61+,62+,64-,65?,66?,67+/m0/s1. The third-order valence-corrected chi connectivity index (χ3v) is 17.0. The number of nitrogens with one attached hydrogen (secondary N) is 1. The fraction of sp³-hybridized carbons (Fsp3) is 0.985. The van der Waals surface area contributed by atoms with Crippen molar-refractivity contribution in [3.63, 3.8) is 0 Å². The highest BCUT2D eigenvalue weighted by atomic mass is 16.7. The number of carbonyl (C=O) groups is 1. The van der Waals surface area contributed by atoms with Gasteiger partial charge >= 0.3 is 0 Å². The summed E-state index contributed by atoms with van der Waals surface area (Å²) in [5, 5.41) is 54.8. The number of aliphatic hydroxyl groups is 5. The molecule has 9 nitrogen and oxygen atoms in total. The van der Waals surface area contributed by atoms with E-state index in [1.54, 1.807) is 0 Å². The van der Waals surface area contributed by atoms with Gasteiger partial charge in [-0.15, -0.1) is 0 Å². The molecule has 76 heavy (non-hydrogen) atoms. The minimum atomic E-state index is -1.55. The molecule has 7 atom stereocenters. The second-order valence-electron chi connectivity index (χ2n) is 24.3. The summed E-state index contributed by atoms with van der Waals surface area (Å²) < 4.78 is 11.3. The molecule has 454 valence electrons. The van der Waals surface area contributed by atoms with Crippen molar-refractivity contribution in [2.24, 2.45) is 0 Å². The Balaban J connectivity index is 2.04. The van der Waals surface area contributed by atoms with Crippen molar-refractivity contribution in [2.75, 3.05) is 13.2 Å². The van der Waals surface area contributed by atoms with E-state index in [9.17, 15) is 30.3 Å². The zero-order valence-corrected chi connectivity index (χ0v) is 50.8. The molecule has 1 saturated heterocycles. The fourth-order valence-corrected chi connectivity index (χ4v) is 11.6. The molecule has 1 aliphatic rings. The number of hydrogen-bond acceptors (Lipinski definition) is 8. The van der Waals surface area contributed by atoms with Gasteiger partial charge in [0.15, 0.2) is 6.29 Å². The van der Waals surface area contributed by atoms with E-state index in [0.29, 0.717) is 12.8 Å². The smallest absolute Gasteiger partial charge is 0.220 e. The molecule has 1 amide bonds. The minimum absolute atomic E-state index is 0.131. The van der Waals surface area contributed by atoms with Crippen LogP contribution < -0.4 is 5.32 Å². The maximum Gasteiger partial charge on any atom is 0.220 e. The molecule has 0 aromatic carbocycles. The van der Waals surface area contributed by atoms with Gasteiger partial charge in [-0.05, 0) is 12.8 Å². The quantitative estimate of drug-likeness (QED) is 0.0330. The van der Waals surface area contributed by atoms with Gasteiger partial charge in [-0.2, -0.15) is 0 Å². The fourth-order valence-electron chi connectivity index (χ4n) is 11.6. The molecule has 0 radical (unpaired) electrons. The van der Waals surface area contributed by atoms with E-state index in [4.69, 9.17) is 9.47 Å². The lowest BCUT2D eigenvalue weighted by molar-refractivity contribution is -0.302. The molecule has 6 N–H and O–H groups in total. The first kappa shape index (κ1) is 73.2. The van der Waals surface area contributed by atoms with Gasteiger partial charge in [0.05, 0.1) is 25.4 Å². The van der Waals surface area contributed by atoms with Gasteiger partial charge in [0.2, 0.25) is 5.91 Å². The predicted molar refractivity (Wildman–Crippen MR) is 323 cm³/mol. The predicted octanol–water partition coefficient (Wildman–Crippen LogP) is 18.1. The first-order valence-corrected chi connectivity index (χ1v) is 34.2. The summed E-state index contributed by atoms with van der Waals surface area (Å²) in [6.07, 6.45) is 64.7. The van der Waals surface area contributed by atoms with Crippen molar-refractivity contribution in [1.82, 2.24) is 5.32 Å². The molecule has 0 saturated carbocycles. The molecule has 1 aliphatic heterocycles. The Morgan fingerprint density at radius 2 is 0.658 bits per heavy atom. The zero-order valence-electron chi connectivity index (χ0n) is 50.8. The summed E-state index contributed by atoms with van der Waals surface area (Å²) in [5.74, 6) is -0.134. The number of carbonyl (C=O) groups excluding carboxylic acids is 1. The van der Waals surface area contributed by atoms with Crippen molar-refractivity contribution >= 4 is 5.91 Å².